The average molecular weight is 451 g/mol. The number of rotatable bonds is 18. The Hall–Kier alpha value is -1.39. The van der Waals surface area contributed by atoms with Gasteiger partial charge in [-0.2, -0.15) is 0 Å². The van der Waals surface area contributed by atoms with Crippen molar-refractivity contribution >= 4 is 5.97 Å². The minimum Gasteiger partial charge on any atom is -0.462 e. The van der Waals surface area contributed by atoms with Gasteiger partial charge in [0.05, 0.1) is 12.2 Å². The van der Waals surface area contributed by atoms with E-state index in [4.69, 9.17) is 4.74 Å². The van der Waals surface area contributed by atoms with Crippen molar-refractivity contribution in [1.82, 2.24) is 11.1 Å². The van der Waals surface area contributed by atoms with Gasteiger partial charge in [-0.3, -0.25) is 0 Å². The summed E-state index contributed by atoms with van der Waals surface area (Å²) in [5.74, 6) is -0.198. The Morgan fingerprint density at radius 1 is 0.656 bits per heavy atom. The minimum absolute atomic E-state index is 0. The van der Waals surface area contributed by atoms with Gasteiger partial charge in [0.2, 0.25) is 0 Å². The van der Waals surface area contributed by atoms with Crippen molar-refractivity contribution in [3.8, 4) is 0 Å². The number of nitrogens with zero attached hydrogens (tertiary/aromatic N) is 1. The largest absolute Gasteiger partial charge is 0.462 e. The Morgan fingerprint density at radius 3 is 1.38 bits per heavy atom. The SMILES string of the molecule is CCCCCCCCCCCCCCCCCCOC(=O)c1ccccc1.CN(C)C.N. The average Bonchev–Trinajstić information content (AvgIpc) is 2.76. The van der Waals surface area contributed by atoms with Gasteiger partial charge in [0.15, 0.2) is 0 Å². The van der Waals surface area contributed by atoms with Crippen LogP contribution in [0.4, 0.5) is 0 Å². The van der Waals surface area contributed by atoms with Gasteiger partial charge in [-0.05, 0) is 39.7 Å². The van der Waals surface area contributed by atoms with Crippen molar-refractivity contribution in [2.75, 3.05) is 27.7 Å². The van der Waals surface area contributed by atoms with E-state index in [2.05, 4.69) is 6.92 Å². The molecule has 4 heteroatoms. The molecule has 0 aromatic heterocycles. The van der Waals surface area contributed by atoms with Crippen molar-refractivity contribution in [2.24, 2.45) is 0 Å². The zero-order valence-electron chi connectivity index (χ0n) is 21.9. The molecular formula is C28H54N2O2. The zero-order valence-corrected chi connectivity index (χ0v) is 21.9. The molecule has 188 valence electrons. The minimum atomic E-state index is -0.198. The normalized spacial score (nSPS) is 10.3. The highest BCUT2D eigenvalue weighted by atomic mass is 16.5. The number of esters is 1. The molecule has 0 amide bonds. The smallest absolute Gasteiger partial charge is 0.338 e. The molecule has 0 bridgehead atoms. The second-order valence-corrected chi connectivity index (χ2v) is 9.15. The number of ether oxygens (including phenoxy) is 1. The third kappa shape index (κ3) is 24.9. The van der Waals surface area contributed by atoms with Crippen LogP contribution in [0.2, 0.25) is 0 Å². The molecule has 0 heterocycles. The van der Waals surface area contributed by atoms with Crippen LogP contribution in [-0.2, 0) is 4.74 Å². The maximum atomic E-state index is 11.8. The predicted molar refractivity (Wildman–Crippen MR) is 141 cm³/mol. The maximum absolute atomic E-state index is 11.8. The molecule has 0 saturated heterocycles. The summed E-state index contributed by atoms with van der Waals surface area (Å²) in [6, 6.07) is 9.24. The molecule has 0 spiro atoms. The predicted octanol–water partition coefficient (Wildman–Crippen LogP) is 8.44. The molecule has 3 N–H and O–H groups in total. The van der Waals surface area contributed by atoms with Crippen LogP contribution in [0, 0.1) is 0 Å². The second kappa shape index (κ2) is 25.9. The highest BCUT2D eigenvalue weighted by molar-refractivity contribution is 5.89. The van der Waals surface area contributed by atoms with E-state index in [-0.39, 0.29) is 12.1 Å². The fourth-order valence-corrected chi connectivity index (χ4v) is 3.47. The van der Waals surface area contributed by atoms with Crippen molar-refractivity contribution in [1.29, 1.82) is 0 Å². The van der Waals surface area contributed by atoms with Crippen LogP contribution in [-0.4, -0.2) is 38.6 Å². The molecule has 1 aromatic rings. The Balaban J connectivity index is 0. The van der Waals surface area contributed by atoms with Crippen molar-refractivity contribution in [2.45, 2.75) is 110 Å². The van der Waals surface area contributed by atoms with E-state index >= 15 is 0 Å². The number of carbonyl (C=O) groups excluding carboxylic acids is 1. The van der Waals surface area contributed by atoms with Crippen LogP contribution in [0.1, 0.15) is 120 Å². The molecule has 0 aliphatic carbocycles. The molecule has 0 saturated carbocycles. The van der Waals surface area contributed by atoms with E-state index in [9.17, 15) is 4.79 Å². The van der Waals surface area contributed by atoms with E-state index in [1.54, 1.807) is 12.1 Å². The summed E-state index contributed by atoms with van der Waals surface area (Å²) in [6.07, 6.45) is 21.7. The highest BCUT2D eigenvalue weighted by Gasteiger charge is 2.04. The topological polar surface area (TPSA) is 64.5 Å². The molecule has 1 rings (SSSR count). The van der Waals surface area contributed by atoms with E-state index in [0.29, 0.717) is 12.2 Å². The Morgan fingerprint density at radius 2 is 1.00 bits per heavy atom. The van der Waals surface area contributed by atoms with Crippen LogP contribution in [0.5, 0.6) is 0 Å². The Labute approximate surface area is 200 Å². The fourth-order valence-electron chi connectivity index (χ4n) is 3.47. The van der Waals surface area contributed by atoms with Gasteiger partial charge >= 0.3 is 5.97 Å². The first-order chi connectivity index (χ1) is 15.1. The summed E-state index contributed by atoms with van der Waals surface area (Å²) < 4.78 is 5.31. The summed E-state index contributed by atoms with van der Waals surface area (Å²) in [4.78, 5) is 13.8. The fraction of sp³-hybridized carbons (Fsp3) is 0.750. The third-order valence-electron chi connectivity index (χ3n) is 5.24. The van der Waals surface area contributed by atoms with Crippen molar-refractivity contribution in [3.63, 3.8) is 0 Å². The van der Waals surface area contributed by atoms with Crippen molar-refractivity contribution in [3.05, 3.63) is 35.9 Å². The first kappa shape index (κ1) is 32.8. The van der Waals surface area contributed by atoms with Gasteiger partial charge in [0, 0.05) is 0 Å². The van der Waals surface area contributed by atoms with E-state index < -0.39 is 0 Å². The molecule has 32 heavy (non-hydrogen) atoms. The van der Waals surface area contributed by atoms with Crippen LogP contribution < -0.4 is 6.15 Å². The number of benzene rings is 1. The Kier molecular flexibility index (Phi) is 26.5. The number of hydrogen-bond acceptors (Lipinski definition) is 4. The summed E-state index contributed by atoms with van der Waals surface area (Å²) in [5.41, 5.74) is 0.647. The maximum Gasteiger partial charge on any atom is 0.338 e. The Bertz CT molecular complexity index is 489. The van der Waals surface area contributed by atoms with Gasteiger partial charge in [0.25, 0.3) is 0 Å². The van der Waals surface area contributed by atoms with Crippen LogP contribution >= 0.6 is 0 Å². The van der Waals surface area contributed by atoms with Crippen molar-refractivity contribution < 1.29 is 9.53 Å². The molecule has 0 radical (unpaired) electrons. The first-order valence-electron chi connectivity index (χ1n) is 12.9. The lowest BCUT2D eigenvalue weighted by Crippen LogP contribution is -2.06. The first-order valence-corrected chi connectivity index (χ1v) is 12.9. The van der Waals surface area contributed by atoms with E-state index in [0.717, 1.165) is 6.42 Å². The van der Waals surface area contributed by atoms with Crippen LogP contribution in [0.3, 0.4) is 0 Å². The van der Waals surface area contributed by atoms with Gasteiger partial charge in [-0.25, -0.2) is 4.79 Å². The summed E-state index contributed by atoms with van der Waals surface area (Å²) in [7, 11) is 6.00. The second-order valence-electron chi connectivity index (χ2n) is 9.15. The molecule has 0 aliphatic heterocycles. The lowest BCUT2D eigenvalue weighted by Gasteiger charge is -2.05. The lowest BCUT2D eigenvalue weighted by atomic mass is 10.0. The van der Waals surface area contributed by atoms with E-state index in [1.165, 1.54) is 96.3 Å². The quantitative estimate of drug-likeness (QED) is 0.180. The van der Waals surface area contributed by atoms with E-state index in [1.807, 2.05) is 44.2 Å². The third-order valence-corrected chi connectivity index (χ3v) is 5.24. The molecule has 0 aliphatic rings. The summed E-state index contributed by atoms with van der Waals surface area (Å²) in [5, 5.41) is 0. The molecular weight excluding hydrogens is 396 g/mol. The standard InChI is InChI=1S/C25H42O2.C3H9N.H3N/c1-2-3-4-5-6-7-8-9-10-11-12-13-14-15-16-20-23-27-25(26)24-21-18-17-19-22-24;1-4(2)3;/h17-19,21-22H,2-16,20,23H2,1H3;1-3H3;1H3. The highest BCUT2D eigenvalue weighted by Crippen LogP contribution is 2.13. The van der Waals surface area contributed by atoms with Gasteiger partial charge < -0.3 is 15.8 Å². The molecule has 0 atom stereocenters. The number of unbranched alkanes of at least 4 members (excludes halogenated alkanes) is 15. The summed E-state index contributed by atoms with van der Waals surface area (Å²) >= 11 is 0. The zero-order chi connectivity index (χ0) is 23.0. The molecule has 4 nitrogen and oxygen atoms in total. The summed E-state index contributed by atoms with van der Waals surface area (Å²) in [6.45, 7) is 2.83. The lowest BCUT2D eigenvalue weighted by molar-refractivity contribution is 0.0497. The van der Waals surface area contributed by atoms with Crippen LogP contribution in [0.15, 0.2) is 30.3 Å². The van der Waals surface area contributed by atoms with Crippen LogP contribution in [0.25, 0.3) is 0 Å². The van der Waals surface area contributed by atoms with Gasteiger partial charge in [-0.1, -0.05) is 121 Å². The number of carbonyl (C=O) groups is 1. The molecule has 0 unspecified atom stereocenters. The molecule has 1 aromatic carbocycles. The monoisotopic (exact) mass is 450 g/mol. The number of hydrogen-bond donors (Lipinski definition) is 1. The van der Waals surface area contributed by atoms with Gasteiger partial charge in [0.1, 0.15) is 0 Å². The molecule has 0 fully saturated rings. The van der Waals surface area contributed by atoms with Gasteiger partial charge in [-0.15, -0.1) is 0 Å².